The molecule has 1 heterocycles. The molecule has 0 aliphatic rings. The van der Waals surface area contributed by atoms with Gasteiger partial charge in [-0.1, -0.05) is 0 Å². The maximum Gasteiger partial charge on any atom is 0.286 e. The van der Waals surface area contributed by atoms with Crippen LogP contribution in [0.3, 0.4) is 0 Å². The molecule has 2 N–H and O–H groups in total. The Morgan fingerprint density at radius 1 is 1.89 bits per heavy atom. The molecule has 1 aromatic rings. The lowest BCUT2D eigenvalue weighted by Gasteiger charge is -1.88. The van der Waals surface area contributed by atoms with Crippen LogP contribution in [-0.4, -0.2) is 16.1 Å². The number of rotatable bonds is 1. The lowest BCUT2D eigenvalue weighted by Crippen LogP contribution is -2.16. The van der Waals surface area contributed by atoms with Crippen LogP contribution in [-0.2, 0) is 0 Å². The Labute approximate surface area is 55.1 Å². The SMILES string of the molecule is O=C(NO)c1cncs1. The summed E-state index contributed by atoms with van der Waals surface area (Å²) in [5, 5.41) is 8.09. The van der Waals surface area contributed by atoms with E-state index in [0.29, 0.717) is 4.88 Å². The topological polar surface area (TPSA) is 62.2 Å². The molecule has 0 saturated carbocycles. The molecule has 0 unspecified atom stereocenters. The predicted octanol–water partition coefficient (Wildman–Crippen LogP) is 0.262. The number of nitrogens with one attached hydrogen (secondary N) is 1. The van der Waals surface area contributed by atoms with Gasteiger partial charge >= 0.3 is 0 Å². The van der Waals surface area contributed by atoms with Crippen molar-refractivity contribution in [3.8, 4) is 0 Å². The van der Waals surface area contributed by atoms with Gasteiger partial charge in [0.1, 0.15) is 4.88 Å². The van der Waals surface area contributed by atoms with Gasteiger partial charge < -0.3 is 0 Å². The average molecular weight is 144 g/mol. The molecule has 1 amide bonds. The Bertz CT molecular complexity index is 196. The van der Waals surface area contributed by atoms with E-state index in [1.165, 1.54) is 28.5 Å². The van der Waals surface area contributed by atoms with Crippen LogP contribution in [0.5, 0.6) is 0 Å². The van der Waals surface area contributed by atoms with Crippen LogP contribution in [0.25, 0.3) is 0 Å². The number of hydrogen-bond acceptors (Lipinski definition) is 4. The third-order valence-corrected chi connectivity index (χ3v) is 1.53. The molecule has 0 bridgehead atoms. The summed E-state index contributed by atoms with van der Waals surface area (Å²) in [7, 11) is 0. The number of nitrogens with zero attached hydrogens (tertiary/aromatic N) is 1. The minimum absolute atomic E-state index is 0.400. The first-order valence-electron chi connectivity index (χ1n) is 2.17. The smallest absolute Gasteiger partial charge is 0.286 e. The van der Waals surface area contributed by atoms with Crippen LogP contribution in [0.2, 0.25) is 0 Å². The van der Waals surface area contributed by atoms with Crippen LogP contribution in [0, 0.1) is 0 Å². The summed E-state index contributed by atoms with van der Waals surface area (Å²) < 4.78 is 0. The fraction of sp³-hybridized carbons (Fsp3) is 0. The molecule has 4 nitrogen and oxygen atoms in total. The van der Waals surface area contributed by atoms with Crippen molar-refractivity contribution >= 4 is 17.2 Å². The molecule has 0 spiro atoms. The molecule has 0 atom stereocenters. The molecule has 1 rings (SSSR count). The first-order valence-corrected chi connectivity index (χ1v) is 3.05. The zero-order valence-corrected chi connectivity index (χ0v) is 5.18. The average Bonchev–Trinajstić information content (AvgIpc) is 2.37. The van der Waals surface area contributed by atoms with Gasteiger partial charge in [0.2, 0.25) is 0 Å². The van der Waals surface area contributed by atoms with E-state index in [1.807, 2.05) is 0 Å². The minimum atomic E-state index is -0.516. The van der Waals surface area contributed by atoms with Gasteiger partial charge in [0.25, 0.3) is 5.91 Å². The van der Waals surface area contributed by atoms with E-state index in [4.69, 9.17) is 5.21 Å². The zero-order valence-electron chi connectivity index (χ0n) is 4.37. The normalized spacial score (nSPS) is 9.00. The summed E-state index contributed by atoms with van der Waals surface area (Å²) in [4.78, 5) is 14.5. The molecular formula is C4H4N2O2S. The Morgan fingerprint density at radius 3 is 3.11 bits per heavy atom. The fourth-order valence-corrected chi connectivity index (χ4v) is 0.893. The van der Waals surface area contributed by atoms with Gasteiger partial charge in [-0.3, -0.25) is 15.0 Å². The summed E-state index contributed by atoms with van der Waals surface area (Å²) in [5.74, 6) is -0.516. The number of hydrogen-bond donors (Lipinski definition) is 2. The van der Waals surface area contributed by atoms with Gasteiger partial charge in [-0.25, -0.2) is 5.48 Å². The van der Waals surface area contributed by atoms with Crippen molar-refractivity contribution in [3.05, 3.63) is 16.6 Å². The predicted molar refractivity (Wildman–Crippen MR) is 31.4 cm³/mol. The molecule has 0 saturated heterocycles. The van der Waals surface area contributed by atoms with Gasteiger partial charge in [0.05, 0.1) is 11.7 Å². The fourth-order valence-electron chi connectivity index (χ4n) is 0.383. The summed E-state index contributed by atoms with van der Waals surface area (Å²) in [5.41, 5.74) is 3.02. The van der Waals surface area contributed by atoms with E-state index in [9.17, 15) is 4.79 Å². The summed E-state index contributed by atoms with van der Waals surface area (Å²) in [6.45, 7) is 0. The number of hydroxylamine groups is 1. The first kappa shape index (κ1) is 6.18. The van der Waals surface area contributed by atoms with E-state index < -0.39 is 5.91 Å². The molecule has 0 radical (unpaired) electrons. The number of amides is 1. The highest BCUT2D eigenvalue weighted by atomic mass is 32.1. The summed E-state index contributed by atoms with van der Waals surface area (Å²) >= 11 is 1.17. The first-order chi connectivity index (χ1) is 4.34. The van der Waals surface area contributed by atoms with E-state index in [1.54, 1.807) is 0 Å². The van der Waals surface area contributed by atoms with Crippen molar-refractivity contribution in [2.75, 3.05) is 0 Å². The lowest BCUT2D eigenvalue weighted by atomic mass is 10.5. The van der Waals surface area contributed by atoms with Crippen molar-refractivity contribution < 1.29 is 10.0 Å². The highest BCUT2D eigenvalue weighted by molar-refractivity contribution is 7.11. The van der Waals surface area contributed by atoms with Crippen LogP contribution in [0.4, 0.5) is 0 Å². The third-order valence-electron chi connectivity index (χ3n) is 0.758. The molecule has 5 heteroatoms. The summed E-state index contributed by atoms with van der Waals surface area (Å²) in [6.07, 6.45) is 1.39. The largest absolute Gasteiger partial charge is 0.288 e. The number of aromatic nitrogens is 1. The molecule has 9 heavy (non-hydrogen) atoms. The quantitative estimate of drug-likeness (QED) is 0.439. The Kier molecular flexibility index (Phi) is 1.76. The second-order valence-corrected chi connectivity index (χ2v) is 2.19. The molecule has 48 valence electrons. The standard InChI is InChI=1S/C4H4N2O2S/c7-4(6-8)3-1-5-2-9-3/h1-2,8H,(H,6,7). The van der Waals surface area contributed by atoms with Crippen molar-refractivity contribution in [1.82, 2.24) is 10.5 Å². The molecule has 0 fully saturated rings. The molecule has 0 aliphatic carbocycles. The van der Waals surface area contributed by atoms with E-state index in [0.717, 1.165) is 0 Å². The molecule has 0 aromatic carbocycles. The van der Waals surface area contributed by atoms with Crippen molar-refractivity contribution in [1.29, 1.82) is 0 Å². The van der Waals surface area contributed by atoms with Gasteiger partial charge in [-0.2, -0.15) is 0 Å². The monoisotopic (exact) mass is 144 g/mol. The van der Waals surface area contributed by atoms with Crippen LogP contribution in [0.1, 0.15) is 9.67 Å². The maximum absolute atomic E-state index is 10.5. The molecular weight excluding hydrogens is 140 g/mol. The third kappa shape index (κ3) is 1.24. The van der Waals surface area contributed by atoms with E-state index >= 15 is 0 Å². The minimum Gasteiger partial charge on any atom is -0.288 e. The van der Waals surface area contributed by atoms with Gasteiger partial charge in [0.15, 0.2) is 0 Å². The van der Waals surface area contributed by atoms with E-state index in [2.05, 4.69) is 4.98 Å². The number of carbonyl (C=O) groups excluding carboxylic acids is 1. The summed E-state index contributed by atoms with van der Waals surface area (Å²) in [6, 6.07) is 0. The maximum atomic E-state index is 10.5. The molecule has 0 aliphatic heterocycles. The van der Waals surface area contributed by atoms with Crippen LogP contribution in [0.15, 0.2) is 11.7 Å². The van der Waals surface area contributed by atoms with Crippen LogP contribution < -0.4 is 5.48 Å². The van der Waals surface area contributed by atoms with Crippen molar-refractivity contribution in [2.24, 2.45) is 0 Å². The number of carbonyl (C=O) groups is 1. The molecule has 1 aromatic heterocycles. The Balaban J connectivity index is 2.77. The van der Waals surface area contributed by atoms with Crippen molar-refractivity contribution in [3.63, 3.8) is 0 Å². The van der Waals surface area contributed by atoms with Crippen LogP contribution >= 0.6 is 11.3 Å². The lowest BCUT2D eigenvalue weighted by molar-refractivity contribution is 0.0711. The van der Waals surface area contributed by atoms with E-state index in [-0.39, 0.29) is 0 Å². The van der Waals surface area contributed by atoms with Crippen molar-refractivity contribution in [2.45, 2.75) is 0 Å². The zero-order chi connectivity index (χ0) is 6.69. The van der Waals surface area contributed by atoms with Gasteiger partial charge in [-0.05, 0) is 0 Å². The highest BCUT2D eigenvalue weighted by Crippen LogP contribution is 2.03. The Hall–Kier alpha value is -0.940. The second-order valence-electron chi connectivity index (χ2n) is 1.31. The Morgan fingerprint density at radius 2 is 2.67 bits per heavy atom. The second kappa shape index (κ2) is 2.56. The highest BCUT2D eigenvalue weighted by Gasteiger charge is 2.02. The van der Waals surface area contributed by atoms with Gasteiger partial charge in [0, 0.05) is 0 Å². The number of thiazole rings is 1. The van der Waals surface area contributed by atoms with Gasteiger partial charge in [-0.15, -0.1) is 11.3 Å².